The Morgan fingerprint density at radius 2 is 1.97 bits per heavy atom. The Labute approximate surface area is 208 Å². The van der Waals surface area contributed by atoms with Gasteiger partial charge in [0.2, 0.25) is 0 Å². The summed E-state index contributed by atoms with van der Waals surface area (Å²) in [5.74, 6) is 0.814. The van der Waals surface area contributed by atoms with Gasteiger partial charge in [-0.15, -0.1) is 0 Å². The maximum atomic E-state index is 12.0. The maximum absolute atomic E-state index is 12.0. The predicted octanol–water partition coefficient (Wildman–Crippen LogP) is 6.67. The third kappa shape index (κ3) is 9.55. The van der Waals surface area contributed by atoms with E-state index in [-0.39, 0.29) is 29.5 Å². The first-order valence-corrected chi connectivity index (χ1v) is 15.8. The third-order valence-corrected chi connectivity index (χ3v) is 11.6. The third-order valence-electron chi connectivity index (χ3n) is 7.13. The van der Waals surface area contributed by atoms with Gasteiger partial charge in [0.05, 0.1) is 31.3 Å². The standard InChI is InChI=1S/C28H46O5Si/c1-7-31-26(29)22-28(30)19-11-13-23(21-28)17-18-25(33-34(5,6)27(2,3)4)16-12-20-32-24-14-9-8-10-15-24/h8-10,14-15,17-18,23,25,30H,7,11-13,16,19-22H2,1-6H3. The van der Waals surface area contributed by atoms with Crippen LogP contribution >= 0.6 is 0 Å². The van der Waals surface area contributed by atoms with Crippen LogP contribution in [0, 0.1) is 5.92 Å². The number of hydrogen-bond acceptors (Lipinski definition) is 5. The molecular weight excluding hydrogens is 444 g/mol. The zero-order valence-electron chi connectivity index (χ0n) is 22.1. The minimum absolute atomic E-state index is 0.0142. The number of benzene rings is 1. The smallest absolute Gasteiger partial charge is 0.308 e. The number of rotatable bonds is 12. The van der Waals surface area contributed by atoms with Crippen molar-refractivity contribution in [3.8, 4) is 5.75 Å². The van der Waals surface area contributed by atoms with Crippen molar-refractivity contribution in [2.45, 2.75) is 102 Å². The summed E-state index contributed by atoms with van der Waals surface area (Å²) >= 11 is 0. The Balaban J connectivity index is 2.00. The van der Waals surface area contributed by atoms with Gasteiger partial charge in [0.1, 0.15) is 5.75 Å². The maximum Gasteiger partial charge on any atom is 0.308 e. The largest absolute Gasteiger partial charge is 0.494 e. The van der Waals surface area contributed by atoms with Crippen molar-refractivity contribution in [1.29, 1.82) is 0 Å². The first kappa shape index (κ1) is 28.6. The highest BCUT2D eigenvalue weighted by Gasteiger charge is 2.39. The fourth-order valence-electron chi connectivity index (χ4n) is 4.21. The molecule has 1 aliphatic carbocycles. The Kier molecular flexibility index (Phi) is 10.8. The van der Waals surface area contributed by atoms with Crippen molar-refractivity contribution in [3.63, 3.8) is 0 Å². The van der Waals surface area contributed by atoms with E-state index < -0.39 is 13.9 Å². The number of carbonyl (C=O) groups is 1. The zero-order valence-corrected chi connectivity index (χ0v) is 23.1. The van der Waals surface area contributed by atoms with Crippen molar-refractivity contribution < 1.29 is 23.8 Å². The Bertz CT molecular complexity index is 771. The summed E-state index contributed by atoms with van der Waals surface area (Å²) in [5, 5.41) is 11.1. The van der Waals surface area contributed by atoms with Gasteiger partial charge in [0.15, 0.2) is 8.32 Å². The van der Waals surface area contributed by atoms with Gasteiger partial charge in [-0.25, -0.2) is 0 Å². The molecule has 34 heavy (non-hydrogen) atoms. The quantitative estimate of drug-likeness (QED) is 0.153. The van der Waals surface area contributed by atoms with Crippen LogP contribution in [-0.4, -0.2) is 44.3 Å². The molecule has 0 saturated heterocycles. The van der Waals surface area contributed by atoms with E-state index >= 15 is 0 Å². The lowest BCUT2D eigenvalue weighted by molar-refractivity contribution is -0.150. The van der Waals surface area contributed by atoms with Gasteiger partial charge in [0, 0.05) is 0 Å². The first-order valence-electron chi connectivity index (χ1n) is 12.9. The molecule has 192 valence electrons. The lowest BCUT2D eigenvalue weighted by atomic mass is 9.76. The second-order valence-corrected chi connectivity index (χ2v) is 15.9. The molecule has 6 heteroatoms. The van der Waals surface area contributed by atoms with Crippen LogP contribution in [0.1, 0.15) is 72.6 Å². The van der Waals surface area contributed by atoms with Gasteiger partial charge in [-0.05, 0) is 81.6 Å². The van der Waals surface area contributed by atoms with E-state index in [1.54, 1.807) is 6.92 Å². The highest BCUT2D eigenvalue weighted by molar-refractivity contribution is 6.74. The molecule has 5 nitrogen and oxygen atoms in total. The SMILES string of the molecule is CCOC(=O)CC1(O)CCCC(C=CC(CCCOc2ccccc2)O[Si](C)(C)C(C)(C)C)C1. The molecule has 2 rings (SSSR count). The van der Waals surface area contributed by atoms with Crippen LogP contribution in [0.2, 0.25) is 18.1 Å². The number of allylic oxidation sites excluding steroid dienone is 1. The van der Waals surface area contributed by atoms with Crippen LogP contribution in [0.15, 0.2) is 42.5 Å². The lowest BCUT2D eigenvalue weighted by Gasteiger charge is -2.39. The lowest BCUT2D eigenvalue weighted by Crippen LogP contribution is -2.43. The number of carbonyl (C=O) groups excluding carboxylic acids is 1. The van der Waals surface area contributed by atoms with Crippen LogP contribution in [0.4, 0.5) is 0 Å². The van der Waals surface area contributed by atoms with E-state index in [0.29, 0.717) is 26.1 Å². The van der Waals surface area contributed by atoms with Gasteiger partial charge < -0.3 is 19.0 Å². The van der Waals surface area contributed by atoms with Crippen molar-refractivity contribution >= 4 is 14.3 Å². The van der Waals surface area contributed by atoms with Crippen LogP contribution in [0.25, 0.3) is 0 Å². The number of ether oxygens (including phenoxy) is 2. The van der Waals surface area contributed by atoms with Gasteiger partial charge >= 0.3 is 5.97 Å². The normalized spacial score (nSPS) is 22.5. The van der Waals surface area contributed by atoms with E-state index in [2.05, 4.69) is 46.0 Å². The average molecular weight is 491 g/mol. The average Bonchev–Trinajstić information content (AvgIpc) is 2.74. The number of para-hydroxylation sites is 1. The minimum atomic E-state index is -1.94. The van der Waals surface area contributed by atoms with Crippen molar-refractivity contribution in [2.24, 2.45) is 5.92 Å². The Hall–Kier alpha value is -1.63. The molecule has 1 N–H and O–H groups in total. The molecule has 3 atom stereocenters. The summed E-state index contributed by atoms with van der Waals surface area (Å²) in [5.41, 5.74) is -0.973. The number of esters is 1. The van der Waals surface area contributed by atoms with Gasteiger partial charge in [-0.3, -0.25) is 4.79 Å². The summed E-state index contributed by atoms with van der Waals surface area (Å²) in [7, 11) is -1.94. The molecule has 0 aromatic heterocycles. The monoisotopic (exact) mass is 490 g/mol. The number of aliphatic hydroxyl groups is 1. The second kappa shape index (κ2) is 12.9. The summed E-state index contributed by atoms with van der Waals surface area (Å²) in [6, 6.07) is 9.90. The van der Waals surface area contributed by atoms with Crippen LogP contribution in [-0.2, 0) is 14.0 Å². The van der Waals surface area contributed by atoms with Crippen LogP contribution < -0.4 is 4.74 Å². The van der Waals surface area contributed by atoms with E-state index in [1.165, 1.54) is 0 Å². The van der Waals surface area contributed by atoms with Gasteiger partial charge in [-0.1, -0.05) is 51.1 Å². The van der Waals surface area contributed by atoms with E-state index in [9.17, 15) is 9.90 Å². The molecule has 1 saturated carbocycles. The van der Waals surface area contributed by atoms with Crippen molar-refractivity contribution in [2.75, 3.05) is 13.2 Å². The topological polar surface area (TPSA) is 65.0 Å². The summed E-state index contributed by atoms with van der Waals surface area (Å²) in [6.07, 6.45) is 9.45. The van der Waals surface area contributed by atoms with Crippen LogP contribution in [0.5, 0.6) is 5.75 Å². The molecule has 1 fully saturated rings. The van der Waals surface area contributed by atoms with Crippen LogP contribution in [0.3, 0.4) is 0 Å². The Morgan fingerprint density at radius 1 is 1.26 bits per heavy atom. The van der Waals surface area contributed by atoms with Gasteiger partial charge in [0.25, 0.3) is 0 Å². The Morgan fingerprint density at radius 3 is 2.62 bits per heavy atom. The highest BCUT2D eigenvalue weighted by atomic mass is 28.4. The van der Waals surface area contributed by atoms with Crippen molar-refractivity contribution in [3.05, 3.63) is 42.5 Å². The highest BCUT2D eigenvalue weighted by Crippen LogP contribution is 2.39. The summed E-state index contributed by atoms with van der Waals surface area (Å²) in [6.45, 7) is 14.1. The molecule has 1 aromatic carbocycles. The molecule has 0 radical (unpaired) electrons. The molecular formula is C28H46O5Si. The molecule has 0 spiro atoms. The molecule has 1 aromatic rings. The predicted molar refractivity (Wildman–Crippen MR) is 141 cm³/mol. The van der Waals surface area contributed by atoms with E-state index in [1.807, 2.05) is 30.3 Å². The van der Waals surface area contributed by atoms with Gasteiger partial charge in [-0.2, -0.15) is 0 Å². The molecule has 0 amide bonds. The molecule has 0 aliphatic heterocycles. The summed E-state index contributed by atoms with van der Waals surface area (Å²) in [4.78, 5) is 12.0. The second-order valence-electron chi connectivity index (χ2n) is 11.2. The molecule has 1 aliphatic rings. The molecule has 0 bridgehead atoms. The summed E-state index contributed by atoms with van der Waals surface area (Å²) < 4.78 is 17.7. The number of hydrogen-bond donors (Lipinski definition) is 1. The van der Waals surface area contributed by atoms with E-state index in [0.717, 1.165) is 31.4 Å². The fraction of sp³-hybridized carbons (Fsp3) is 0.679. The van der Waals surface area contributed by atoms with E-state index in [4.69, 9.17) is 13.9 Å². The minimum Gasteiger partial charge on any atom is -0.494 e. The fourth-order valence-corrected chi connectivity index (χ4v) is 5.52. The molecule has 3 unspecified atom stereocenters. The zero-order chi connectivity index (χ0) is 25.2. The first-order chi connectivity index (χ1) is 15.9. The van der Waals surface area contributed by atoms with Crippen molar-refractivity contribution in [1.82, 2.24) is 0 Å². The molecule has 0 heterocycles.